The maximum Gasteiger partial charge on any atom is 0.373 e. The zero-order valence-electron chi connectivity index (χ0n) is 13.1. The van der Waals surface area contributed by atoms with Crippen molar-refractivity contribution < 1.29 is 9.66 Å². The number of hydrogen-bond acceptors (Lipinski definition) is 6. The number of methoxy groups -OCH3 is 1. The van der Waals surface area contributed by atoms with Gasteiger partial charge in [0.2, 0.25) is 5.82 Å². The predicted molar refractivity (Wildman–Crippen MR) is 92.3 cm³/mol. The largest absolute Gasteiger partial charge is 0.496 e. The van der Waals surface area contributed by atoms with E-state index in [4.69, 9.17) is 4.74 Å². The number of hydrogen-bond donors (Lipinski definition) is 0. The summed E-state index contributed by atoms with van der Waals surface area (Å²) in [5, 5.41) is 13.3. The van der Waals surface area contributed by atoms with Crippen LogP contribution >= 0.6 is 11.3 Å². The zero-order chi connectivity index (χ0) is 16.7. The number of fused-ring (bicyclic) bond motifs is 1. The molecular formula is C16H16N4O3S. The van der Waals surface area contributed by atoms with E-state index in [-0.39, 0.29) is 16.7 Å². The number of thiazole rings is 1. The topological polar surface area (TPSA) is 72.9 Å². The maximum atomic E-state index is 11.5. The van der Waals surface area contributed by atoms with Gasteiger partial charge in [-0.05, 0) is 23.0 Å². The van der Waals surface area contributed by atoms with Crippen LogP contribution in [-0.4, -0.2) is 34.5 Å². The normalized spacial score (nSPS) is 17.5. The molecule has 3 aromatic rings. The Labute approximate surface area is 142 Å². The molecule has 1 fully saturated rings. The molecule has 1 unspecified atom stereocenters. The van der Waals surface area contributed by atoms with Crippen molar-refractivity contribution in [3.8, 4) is 5.75 Å². The Morgan fingerprint density at radius 1 is 1.42 bits per heavy atom. The number of rotatable bonds is 4. The smallest absolute Gasteiger partial charge is 0.373 e. The molecular weight excluding hydrogens is 328 g/mol. The fraction of sp³-hybridized carbons (Fsp3) is 0.312. The van der Waals surface area contributed by atoms with Crippen LogP contribution in [0.5, 0.6) is 5.75 Å². The highest BCUT2D eigenvalue weighted by molar-refractivity contribution is 7.15. The minimum absolute atomic E-state index is 0.0481. The van der Waals surface area contributed by atoms with Crippen LogP contribution in [0.4, 0.5) is 11.6 Å². The van der Waals surface area contributed by atoms with Crippen molar-refractivity contribution in [1.29, 1.82) is 0 Å². The Morgan fingerprint density at radius 3 is 3.04 bits per heavy atom. The predicted octanol–water partition coefficient (Wildman–Crippen LogP) is 3.31. The monoisotopic (exact) mass is 344 g/mol. The van der Waals surface area contributed by atoms with E-state index >= 15 is 0 Å². The first-order valence-corrected chi connectivity index (χ1v) is 8.55. The molecule has 124 valence electrons. The summed E-state index contributed by atoms with van der Waals surface area (Å²) >= 11 is 1.40. The molecule has 1 aromatic carbocycles. The first-order valence-electron chi connectivity index (χ1n) is 7.67. The summed E-state index contributed by atoms with van der Waals surface area (Å²) in [6.45, 7) is 1.44. The van der Waals surface area contributed by atoms with Gasteiger partial charge in [-0.2, -0.15) is 9.38 Å². The van der Waals surface area contributed by atoms with E-state index in [0.29, 0.717) is 17.3 Å². The van der Waals surface area contributed by atoms with Crippen molar-refractivity contribution in [3.05, 3.63) is 51.5 Å². The summed E-state index contributed by atoms with van der Waals surface area (Å²) in [5.41, 5.74) is 1.14. The fourth-order valence-corrected chi connectivity index (χ4v) is 4.06. The number of imidazole rings is 1. The van der Waals surface area contributed by atoms with Crippen LogP contribution in [0.2, 0.25) is 0 Å². The molecule has 0 N–H and O–H groups in total. The molecule has 8 heteroatoms. The molecule has 0 aliphatic carbocycles. The summed E-state index contributed by atoms with van der Waals surface area (Å²) in [6.07, 6.45) is 2.62. The lowest BCUT2D eigenvalue weighted by molar-refractivity contribution is -0.389. The van der Waals surface area contributed by atoms with Gasteiger partial charge in [0.1, 0.15) is 11.9 Å². The van der Waals surface area contributed by atoms with Gasteiger partial charge in [0.05, 0.1) is 7.11 Å². The number of anilines is 1. The SMILES string of the molecule is COc1ccccc1C1CCN(c2nc3sccn3c2[N+](=O)[O-])C1. The number of nitro groups is 1. The Morgan fingerprint density at radius 2 is 2.25 bits per heavy atom. The molecule has 1 aliphatic rings. The summed E-state index contributed by atoms with van der Waals surface area (Å²) in [6, 6.07) is 7.96. The van der Waals surface area contributed by atoms with E-state index in [1.807, 2.05) is 23.1 Å². The lowest BCUT2D eigenvalue weighted by Crippen LogP contribution is -2.20. The molecule has 2 aromatic heterocycles. The second kappa shape index (κ2) is 5.79. The Kier molecular flexibility index (Phi) is 3.61. The van der Waals surface area contributed by atoms with Crippen LogP contribution in [0.1, 0.15) is 17.9 Å². The van der Waals surface area contributed by atoms with Crippen molar-refractivity contribution >= 4 is 27.9 Å². The molecule has 1 atom stereocenters. The minimum Gasteiger partial charge on any atom is -0.496 e. The average Bonchev–Trinajstić information content (AvgIpc) is 3.28. The van der Waals surface area contributed by atoms with E-state index in [9.17, 15) is 10.1 Å². The van der Waals surface area contributed by atoms with Gasteiger partial charge in [0.25, 0.3) is 4.96 Å². The molecule has 0 spiro atoms. The van der Waals surface area contributed by atoms with Gasteiger partial charge in [0, 0.05) is 24.4 Å². The average molecular weight is 344 g/mol. The first kappa shape index (κ1) is 14.9. The highest BCUT2D eigenvalue weighted by atomic mass is 32.1. The number of para-hydroxylation sites is 1. The van der Waals surface area contributed by atoms with Crippen LogP contribution in [0.15, 0.2) is 35.8 Å². The molecule has 0 radical (unpaired) electrons. The van der Waals surface area contributed by atoms with Gasteiger partial charge in [-0.3, -0.25) is 0 Å². The minimum atomic E-state index is -0.349. The summed E-state index contributed by atoms with van der Waals surface area (Å²) in [5.74, 6) is 1.65. The molecule has 0 amide bonds. The summed E-state index contributed by atoms with van der Waals surface area (Å²) in [7, 11) is 1.67. The lowest BCUT2D eigenvalue weighted by atomic mass is 9.97. The van der Waals surface area contributed by atoms with Crippen molar-refractivity contribution in [2.75, 3.05) is 25.1 Å². The van der Waals surface area contributed by atoms with Gasteiger partial charge < -0.3 is 19.8 Å². The lowest BCUT2D eigenvalue weighted by Gasteiger charge is -2.17. The summed E-state index contributed by atoms with van der Waals surface area (Å²) < 4.78 is 7.00. The standard InChI is InChI=1S/C16H16N4O3S/c1-23-13-5-3-2-4-12(13)11-6-7-18(10-11)14-15(20(21)22)19-8-9-24-16(19)17-14/h2-5,8-9,11H,6-7,10H2,1H3. The third-order valence-corrected chi connectivity index (χ3v) is 5.22. The second-order valence-corrected chi connectivity index (χ2v) is 6.62. The van der Waals surface area contributed by atoms with Crippen molar-refractivity contribution in [1.82, 2.24) is 9.38 Å². The van der Waals surface area contributed by atoms with Crippen LogP contribution in [-0.2, 0) is 0 Å². The van der Waals surface area contributed by atoms with Crippen molar-refractivity contribution in [2.45, 2.75) is 12.3 Å². The third kappa shape index (κ3) is 2.30. The number of ether oxygens (including phenoxy) is 1. The number of benzene rings is 1. The van der Waals surface area contributed by atoms with Gasteiger partial charge in [-0.25, -0.2) is 0 Å². The Balaban J connectivity index is 1.67. The quantitative estimate of drug-likeness (QED) is 0.536. The highest BCUT2D eigenvalue weighted by Gasteiger charge is 2.33. The van der Waals surface area contributed by atoms with E-state index in [2.05, 4.69) is 11.1 Å². The van der Waals surface area contributed by atoms with E-state index in [1.165, 1.54) is 11.3 Å². The van der Waals surface area contributed by atoms with E-state index < -0.39 is 0 Å². The highest BCUT2D eigenvalue weighted by Crippen LogP contribution is 2.38. The van der Waals surface area contributed by atoms with Gasteiger partial charge in [0.15, 0.2) is 0 Å². The van der Waals surface area contributed by atoms with Crippen LogP contribution in [0.3, 0.4) is 0 Å². The number of nitrogens with zero attached hydrogens (tertiary/aromatic N) is 4. The van der Waals surface area contributed by atoms with Gasteiger partial charge in [-0.15, -0.1) is 0 Å². The van der Waals surface area contributed by atoms with Crippen molar-refractivity contribution in [2.24, 2.45) is 0 Å². The van der Waals surface area contributed by atoms with Crippen LogP contribution in [0.25, 0.3) is 4.96 Å². The molecule has 1 aliphatic heterocycles. The van der Waals surface area contributed by atoms with Crippen molar-refractivity contribution in [3.63, 3.8) is 0 Å². The van der Waals surface area contributed by atoms with Crippen LogP contribution in [0, 0.1) is 10.1 Å². The fourth-order valence-electron chi connectivity index (χ4n) is 3.35. The van der Waals surface area contributed by atoms with Gasteiger partial charge >= 0.3 is 5.82 Å². The Bertz CT molecular complexity index is 904. The maximum absolute atomic E-state index is 11.5. The second-order valence-electron chi connectivity index (χ2n) is 5.75. The molecule has 1 saturated heterocycles. The molecule has 0 bridgehead atoms. The third-order valence-electron chi connectivity index (χ3n) is 4.46. The van der Waals surface area contributed by atoms with Gasteiger partial charge in [-0.1, -0.05) is 29.5 Å². The molecule has 7 nitrogen and oxygen atoms in total. The van der Waals surface area contributed by atoms with E-state index in [0.717, 1.165) is 24.3 Å². The molecule has 24 heavy (non-hydrogen) atoms. The molecule has 4 rings (SSSR count). The first-order chi connectivity index (χ1) is 11.7. The summed E-state index contributed by atoms with van der Waals surface area (Å²) in [4.78, 5) is 18.3. The molecule has 0 saturated carbocycles. The number of aromatic nitrogens is 2. The van der Waals surface area contributed by atoms with E-state index in [1.54, 1.807) is 23.1 Å². The molecule has 3 heterocycles. The Hall–Kier alpha value is -2.61. The van der Waals surface area contributed by atoms with Crippen LogP contribution < -0.4 is 9.64 Å². The zero-order valence-corrected chi connectivity index (χ0v) is 13.9.